The van der Waals surface area contributed by atoms with Crippen LogP contribution in [0, 0.1) is 5.92 Å². The zero-order valence-electron chi connectivity index (χ0n) is 11.3. The highest BCUT2D eigenvalue weighted by atomic mass is 16.5. The fourth-order valence-electron chi connectivity index (χ4n) is 2.66. The summed E-state index contributed by atoms with van der Waals surface area (Å²) in [5, 5.41) is 0. The van der Waals surface area contributed by atoms with Gasteiger partial charge in [-0.15, -0.1) is 0 Å². The van der Waals surface area contributed by atoms with E-state index in [0.717, 1.165) is 6.42 Å². The van der Waals surface area contributed by atoms with Crippen LogP contribution in [0.5, 0.6) is 0 Å². The van der Waals surface area contributed by atoms with Crippen LogP contribution in [0.25, 0.3) is 0 Å². The van der Waals surface area contributed by atoms with E-state index < -0.39 is 0 Å². The van der Waals surface area contributed by atoms with E-state index in [9.17, 15) is 4.79 Å². The molecule has 4 heteroatoms. The van der Waals surface area contributed by atoms with Crippen LogP contribution in [0.3, 0.4) is 0 Å². The number of hydrogen-bond acceptors (Lipinski definition) is 3. The Morgan fingerprint density at radius 2 is 2.12 bits per heavy atom. The van der Waals surface area contributed by atoms with E-state index in [1.807, 2.05) is 11.9 Å². The van der Waals surface area contributed by atoms with Crippen molar-refractivity contribution < 1.29 is 9.53 Å². The second kappa shape index (κ2) is 6.97. The van der Waals surface area contributed by atoms with Crippen LogP contribution >= 0.6 is 0 Å². The summed E-state index contributed by atoms with van der Waals surface area (Å²) in [5.41, 5.74) is 5.54. The van der Waals surface area contributed by atoms with Gasteiger partial charge in [-0.1, -0.05) is 19.8 Å². The Kier molecular flexibility index (Phi) is 5.92. The Morgan fingerprint density at radius 1 is 1.47 bits per heavy atom. The average Bonchev–Trinajstić information content (AvgIpc) is 2.35. The predicted molar refractivity (Wildman–Crippen MR) is 68.7 cm³/mol. The summed E-state index contributed by atoms with van der Waals surface area (Å²) in [6, 6.07) is 0.395. The Morgan fingerprint density at radius 3 is 2.65 bits per heavy atom. The van der Waals surface area contributed by atoms with E-state index in [-0.39, 0.29) is 12.0 Å². The third-order valence-corrected chi connectivity index (χ3v) is 3.96. The first kappa shape index (κ1) is 14.5. The molecule has 17 heavy (non-hydrogen) atoms. The van der Waals surface area contributed by atoms with Gasteiger partial charge in [-0.25, -0.2) is 0 Å². The van der Waals surface area contributed by atoms with Gasteiger partial charge in [-0.3, -0.25) is 4.79 Å². The Hall–Kier alpha value is -0.610. The summed E-state index contributed by atoms with van der Waals surface area (Å²) in [6.45, 7) is 2.64. The summed E-state index contributed by atoms with van der Waals surface area (Å²) in [7, 11) is 3.52. The fraction of sp³-hybridized carbons (Fsp3) is 0.923. The molecule has 1 rings (SSSR count). The van der Waals surface area contributed by atoms with Crippen molar-refractivity contribution >= 4 is 5.91 Å². The molecule has 0 bridgehead atoms. The number of hydrogen-bond donors (Lipinski definition) is 1. The van der Waals surface area contributed by atoms with Gasteiger partial charge in [0.05, 0.1) is 12.5 Å². The van der Waals surface area contributed by atoms with Gasteiger partial charge in [-0.05, 0) is 18.8 Å². The molecule has 0 heterocycles. The van der Waals surface area contributed by atoms with Crippen LogP contribution in [-0.4, -0.2) is 43.7 Å². The maximum absolute atomic E-state index is 12.1. The second-order valence-electron chi connectivity index (χ2n) is 5.13. The molecular formula is C13H26N2O2. The van der Waals surface area contributed by atoms with Crippen molar-refractivity contribution in [3.63, 3.8) is 0 Å². The van der Waals surface area contributed by atoms with Crippen molar-refractivity contribution in [3.05, 3.63) is 0 Å². The largest absolute Gasteiger partial charge is 0.380 e. The molecule has 1 amide bonds. The molecule has 1 fully saturated rings. The molecule has 0 radical (unpaired) electrons. The van der Waals surface area contributed by atoms with Crippen molar-refractivity contribution in [1.29, 1.82) is 0 Å². The van der Waals surface area contributed by atoms with E-state index in [1.165, 1.54) is 19.3 Å². The van der Waals surface area contributed by atoms with Crippen LogP contribution in [0.1, 0.15) is 39.0 Å². The summed E-state index contributed by atoms with van der Waals surface area (Å²) < 4.78 is 5.16. The highest BCUT2D eigenvalue weighted by Gasteiger charge is 2.28. The number of nitrogens with two attached hydrogens (primary N) is 1. The molecule has 100 valence electrons. The van der Waals surface area contributed by atoms with E-state index >= 15 is 0 Å². The molecule has 0 saturated heterocycles. The number of methoxy groups -OCH3 is 1. The number of nitrogens with zero attached hydrogens (tertiary/aromatic N) is 1. The molecular weight excluding hydrogens is 216 g/mol. The number of amides is 1. The fourth-order valence-corrected chi connectivity index (χ4v) is 2.66. The number of carbonyl (C=O) groups is 1. The Labute approximate surface area is 104 Å². The lowest BCUT2D eigenvalue weighted by atomic mass is 9.85. The van der Waals surface area contributed by atoms with E-state index in [1.54, 1.807) is 7.11 Å². The first-order valence-corrected chi connectivity index (χ1v) is 6.58. The van der Waals surface area contributed by atoms with Crippen molar-refractivity contribution in [2.45, 2.75) is 51.2 Å². The summed E-state index contributed by atoms with van der Waals surface area (Å²) in [6.07, 6.45) is 5.13. The molecule has 1 aliphatic carbocycles. The lowest BCUT2D eigenvalue weighted by Gasteiger charge is -2.36. The average molecular weight is 242 g/mol. The molecule has 0 aromatic rings. The first-order chi connectivity index (χ1) is 8.10. The van der Waals surface area contributed by atoms with E-state index in [4.69, 9.17) is 10.5 Å². The van der Waals surface area contributed by atoms with E-state index in [0.29, 0.717) is 24.9 Å². The summed E-state index contributed by atoms with van der Waals surface area (Å²) >= 11 is 0. The van der Waals surface area contributed by atoms with Gasteiger partial charge in [0.15, 0.2) is 0 Å². The van der Waals surface area contributed by atoms with Gasteiger partial charge in [0.1, 0.15) is 0 Å². The number of carbonyl (C=O) groups excluding carboxylic acids is 1. The molecule has 1 aliphatic rings. The van der Waals surface area contributed by atoms with Crippen LogP contribution in [0.2, 0.25) is 0 Å². The predicted octanol–water partition coefficient (Wildman–Crippen LogP) is 1.39. The minimum absolute atomic E-state index is 0.149. The third-order valence-electron chi connectivity index (χ3n) is 3.96. The smallest absolute Gasteiger partial charge is 0.225 e. The number of rotatable bonds is 5. The van der Waals surface area contributed by atoms with Crippen molar-refractivity contribution in [1.82, 2.24) is 4.90 Å². The molecule has 1 saturated carbocycles. The molecule has 4 nitrogen and oxygen atoms in total. The minimum atomic E-state index is -0.149. The second-order valence-corrected chi connectivity index (χ2v) is 5.13. The van der Waals surface area contributed by atoms with Crippen molar-refractivity contribution in [3.8, 4) is 0 Å². The Bertz CT molecular complexity index is 242. The molecule has 0 spiro atoms. The summed E-state index contributed by atoms with van der Waals surface area (Å²) in [5.74, 6) is 0.762. The monoisotopic (exact) mass is 242 g/mol. The van der Waals surface area contributed by atoms with E-state index in [2.05, 4.69) is 6.92 Å². The topological polar surface area (TPSA) is 55.6 Å². The third kappa shape index (κ3) is 3.96. The zero-order valence-corrected chi connectivity index (χ0v) is 11.3. The molecule has 3 unspecified atom stereocenters. The van der Waals surface area contributed by atoms with Gasteiger partial charge in [0, 0.05) is 26.7 Å². The normalized spacial score (nSPS) is 26.6. The molecule has 2 N–H and O–H groups in total. The maximum Gasteiger partial charge on any atom is 0.225 e. The van der Waals surface area contributed by atoms with Gasteiger partial charge in [0.25, 0.3) is 0 Å². The summed E-state index contributed by atoms with van der Waals surface area (Å²) in [4.78, 5) is 14.0. The van der Waals surface area contributed by atoms with Crippen molar-refractivity contribution in [2.75, 3.05) is 20.7 Å². The number of ether oxygens (including phenoxy) is 1. The lowest BCUT2D eigenvalue weighted by molar-refractivity contribution is -0.136. The minimum Gasteiger partial charge on any atom is -0.380 e. The van der Waals surface area contributed by atoms with Crippen LogP contribution in [0.4, 0.5) is 0 Å². The van der Waals surface area contributed by atoms with Gasteiger partial charge in [0.2, 0.25) is 5.91 Å². The van der Waals surface area contributed by atoms with Gasteiger partial charge >= 0.3 is 0 Å². The van der Waals surface area contributed by atoms with Gasteiger partial charge in [-0.2, -0.15) is 0 Å². The maximum atomic E-state index is 12.1. The quantitative estimate of drug-likeness (QED) is 0.792. The van der Waals surface area contributed by atoms with Crippen LogP contribution in [-0.2, 0) is 9.53 Å². The van der Waals surface area contributed by atoms with Gasteiger partial charge < -0.3 is 15.4 Å². The standard InChI is InChI=1S/C13H26N2O2/c1-10-6-4-5-7-12(10)15(2)13(16)8-11(9-14)17-3/h10-12H,4-9,14H2,1-3H3. The zero-order chi connectivity index (χ0) is 12.8. The van der Waals surface area contributed by atoms with Crippen LogP contribution in [0.15, 0.2) is 0 Å². The lowest BCUT2D eigenvalue weighted by Crippen LogP contribution is -2.44. The first-order valence-electron chi connectivity index (χ1n) is 6.58. The van der Waals surface area contributed by atoms with Crippen LogP contribution < -0.4 is 5.73 Å². The molecule has 3 atom stereocenters. The Balaban J connectivity index is 2.49. The molecule has 0 aromatic heterocycles. The molecule has 0 aromatic carbocycles. The highest BCUT2D eigenvalue weighted by Crippen LogP contribution is 2.27. The molecule has 0 aliphatic heterocycles. The van der Waals surface area contributed by atoms with Crippen molar-refractivity contribution in [2.24, 2.45) is 11.7 Å². The highest BCUT2D eigenvalue weighted by molar-refractivity contribution is 5.76. The SMILES string of the molecule is COC(CN)CC(=O)N(C)C1CCCCC1C.